The van der Waals surface area contributed by atoms with Crippen LogP contribution in [-0.2, 0) is 0 Å². The maximum Gasteiger partial charge on any atom is 0.250 e. The van der Waals surface area contributed by atoms with Crippen LogP contribution in [0.3, 0.4) is 0 Å². The highest BCUT2D eigenvalue weighted by atomic mass is 32.2. The molecule has 0 radical (unpaired) electrons. The van der Waals surface area contributed by atoms with Gasteiger partial charge in [0.05, 0.1) is 5.54 Å². The molecule has 2 aliphatic heterocycles. The van der Waals surface area contributed by atoms with Crippen molar-refractivity contribution in [2.24, 2.45) is 9.98 Å². The standard InChI is InChI=1S/C27H37N3OSSi/c1-26(2,3)29-25-30-17-9-16-28-24(30)22-15-12-20(18-23(22)32-25)19-10-13-21(14-11-19)31-33(7,8)27(4,5)6/h10-15,18H,9,16-17H2,1-8H3. The van der Waals surface area contributed by atoms with Crippen molar-refractivity contribution in [3.8, 4) is 16.9 Å². The normalized spacial score (nSPS) is 18.0. The first-order valence-electron chi connectivity index (χ1n) is 11.9. The molecule has 0 bridgehead atoms. The number of rotatable bonds is 3. The molecule has 0 N–H and O–H groups in total. The number of hydrogen-bond donors (Lipinski definition) is 0. The van der Waals surface area contributed by atoms with E-state index in [1.807, 2.05) is 0 Å². The maximum atomic E-state index is 6.47. The molecule has 176 valence electrons. The van der Waals surface area contributed by atoms with Crippen molar-refractivity contribution >= 4 is 31.1 Å². The van der Waals surface area contributed by atoms with Crippen molar-refractivity contribution in [1.82, 2.24) is 4.90 Å². The molecule has 0 saturated carbocycles. The van der Waals surface area contributed by atoms with E-state index in [0.717, 1.165) is 36.3 Å². The van der Waals surface area contributed by atoms with Crippen molar-refractivity contribution in [2.45, 2.75) is 76.5 Å². The van der Waals surface area contributed by atoms with Gasteiger partial charge in [-0.2, -0.15) is 0 Å². The zero-order chi connectivity index (χ0) is 24.0. The van der Waals surface area contributed by atoms with Gasteiger partial charge < -0.3 is 9.33 Å². The second-order valence-electron chi connectivity index (χ2n) is 11.5. The number of thioether (sulfide) groups is 1. The summed E-state index contributed by atoms with van der Waals surface area (Å²) >= 11 is 1.77. The van der Waals surface area contributed by atoms with Crippen LogP contribution in [0.25, 0.3) is 11.1 Å². The summed E-state index contributed by atoms with van der Waals surface area (Å²) in [7, 11) is -1.84. The van der Waals surface area contributed by atoms with Crippen LogP contribution in [0.5, 0.6) is 5.75 Å². The molecule has 2 aromatic rings. The Morgan fingerprint density at radius 1 is 0.970 bits per heavy atom. The third kappa shape index (κ3) is 5.22. The molecule has 0 saturated heterocycles. The van der Waals surface area contributed by atoms with Gasteiger partial charge >= 0.3 is 0 Å². The Balaban J connectivity index is 1.64. The van der Waals surface area contributed by atoms with E-state index in [1.165, 1.54) is 21.6 Å². The number of benzene rings is 2. The van der Waals surface area contributed by atoms with Crippen molar-refractivity contribution in [3.63, 3.8) is 0 Å². The second kappa shape index (κ2) is 8.62. The summed E-state index contributed by atoms with van der Waals surface area (Å²) in [5.74, 6) is 2.03. The van der Waals surface area contributed by atoms with E-state index in [9.17, 15) is 0 Å². The van der Waals surface area contributed by atoms with Crippen molar-refractivity contribution in [1.29, 1.82) is 0 Å². The molecule has 0 aliphatic carbocycles. The number of hydrogen-bond acceptors (Lipinski definition) is 4. The lowest BCUT2D eigenvalue weighted by Gasteiger charge is -2.36. The highest BCUT2D eigenvalue weighted by Gasteiger charge is 2.39. The van der Waals surface area contributed by atoms with Gasteiger partial charge in [0.2, 0.25) is 8.32 Å². The molecule has 2 heterocycles. The highest BCUT2D eigenvalue weighted by Crippen LogP contribution is 2.39. The fourth-order valence-corrected chi connectivity index (χ4v) is 5.97. The molecule has 4 rings (SSSR count). The van der Waals surface area contributed by atoms with Crippen LogP contribution < -0.4 is 4.43 Å². The van der Waals surface area contributed by atoms with Gasteiger partial charge in [0, 0.05) is 23.5 Å². The second-order valence-corrected chi connectivity index (χ2v) is 17.2. The van der Waals surface area contributed by atoms with Crippen LogP contribution in [0.1, 0.15) is 53.5 Å². The molecule has 2 aliphatic rings. The lowest BCUT2D eigenvalue weighted by molar-refractivity contribution is 0.492. The first-order valence-corrected chi connectivity index (χ1v) is 15.6. The Morgan fingerprint density at radius 2 is 1.64 bits per heavy atom. The smallest absolute Gasteiger partial charge is 0.250 e. The summed E-state index contributed by atoms with van der Waals surface area (Å²) in [6.07, 6.45) is 1.07. The molecule has 0 unspecified atom stereocenters. The monoisotopic (exact) mass is 479 g/mol. The molecule has 33 heavy (non-hydrogen) atoms. The fourth-order valence-electron chi connectivity index (χ4n) is 3.68. The zero-order valence-electron chi connectivity index (χ0n) is 21.3. The number of aliphatic imine (C=N–C) groups is 2. The van der Waals surface area contributed by atoms with Gasteiger partial charge in [-0.1, -0.05) is 50.7 Å². The minimum atomic E-state index is -1.84. The van der Waals surface area contributed by atoms with Crippen LogP contribution in [0.15, 0.2) is 57.3 Å². The number of amidine groups is 2. The average molecular weight is 480 g/mol. The SMILES string of the molecule is CC(C)(C)N=C1Sc2cc(-c3ccc(O[Si](C)(C)C(C)(C)C)cc3)ccc2C2=NCCCN12. The Morgan fingerprint density at radius 3 is 2.27 bits per heavy atom. The van der Waals surface area contributed by atoms with Crippen molar-refractivity contribution in [3.05, 3.63) is 48.0 Å². The van der Waals surface area contributed by atoms with E-state index in [0.29, 0.717) is 0 Å². The lowest BCUT2D eigenvalue weighted by Crippen LogP contribution is -2.43. The van der Waals surface area contributed by atoms with Crippen LogP contribution >= 0.6 is 11.8 Å². The molecular weight excluding hydrogens is 442 g/mol. The number of nitrogens with zero attached hydrogens (tertiary/aromatic N) is 3. The van der Waals surface area contributed by atoms with Gasteiger partial charge in [0.15, 0.2) is 5.17 Å². The summed E-state index contributed by atoms with van der Waals surface area (Å²) in [5, 5.41) is 1.24. The fraction of sp³-hybridized carbons (Fsp3) is 0.481. The summed E-state index contributed by atoms with van der Waals surface area (Å²) in [6, 6.07) is 15.3. The van der Waals surface area contributed by atoms with Crippen molar-refractivity contribution < 1.29 is 4.43 Å². The minimum absolute atomic E-state index is 0.125. The van der Waals surface area contributed by atoms with Crippen LogP contribution in [0, 0.1) is 0 Å². The largest absolute Gasteiger partial charge is 0.544 e. The van der Waals surface area contributed by atoms with Gasteiger partial charge in [-0.05, 0) is 80.7 Å². The molecule has 0 amide bonds. The Bertz CT molecular complexity index is 1090. The molecule has 6 heteroatoms. The molecular formula is C27H37N3OSSi. The predicted molar refractivity (Wildman–Crippen MR) is 145 cm³/mol. The van der Waals surface area contributed by atoms with Gasteiger partial charge in [0.1, 0.15) is 11.6 Å². The average Bonchev–Trinajstić information content (AvgIpc) is 2.72. The third-order valence-electron chi connectivity index (χ3n) is 6.51. The maximum absolute atomic E-state index is 6.47. The van der Waals surface area contributed by atoms with Gasteiger partial charge in [-0.3, -0.25) is 9.98 Å². The summed E-state index contributed by atoms with van der Waals surface area (Å²) in [4.78, 5) is 13.4. The number of fused-ring (bicyclic) bond motifs is 3. The van der Waals surface area contributed by atoms with Crippen LogP contribution in [0.2, 0.25) is 18.1 Å². The van der Waals surface area contributed by atoms with E-state index in [1.54, 1.807) is 11.8 Å². The highest BCUT2D eigenvalue weighted by molar-refractivity contribution is 8.14. The van der Waals surface area contributed by atoms with E-state index in [2.05, 4.69) is 102 Å². The Labute approximate surface area is 204 Å². The molecule has 0 aromatic heterocycles. The predicted octanol–water partition coefficient (Wildman–Crippen LogP) is 7.45. The van der Waals surface area contributed by atoms with Gasteiger partial charge in [-0.15, -0.1) is 0 Å². The van der Waals surface area contributed by atoms with Crippen LogP contribution in [-0.4, -0.2) is 42.8 Å². The first kappa shape index (κ1) is 24.1. The first-order chi connectivity index (χ1) is 15.3. The van der Waals surface area contributed by atoms with E-state index < -0.39 is 8.32 Å². The zero-order valence-corrected chi connectivity index (χ0v) is 23.1. The van der Waals surface area contributed by atoms with Gasteiger partial charge in [0.25, 0.3) is 0 Å². The molecule has 0 fully saturated rings. The minimum Gasteiger partial charge on any atom is -0.544 e. The van der Waals surface area contributed by atoms with Crippen LogP contribution in [0.4, 0.5) is 0 Å². The van der Waals surface area contributed by atoms with Crippen molar-refractivity contribution in [2.75, 3.05) is 13.1 Å². The Kier molecular flexibility index (Phi) is 6.29. The topological polar surface area (TPSA) is 37.2 Å². The van der Waals surface area contributed by atoms with E-state index in [-0.39, 0.29) is 10.6 Å². The summed E-state index contributed by atoms with van der Waals surface area (Å²) in [5.41, 5.74) is 3.50. The molecule has 4 nitrogen and oxygen atoms in total. The lowest BCUT2D eigenvalue weighted by atomic mass is 10.0. The Hall–Kier alpha value is -2.05. The van der Waals surface area contributed by atoms with Gasteiger partial charge in [-0.25, -0.2) is 0 Å². The quantitative estimate of drug-likeness (QED) is 0.429. The third-order valence-corrected chi connectivity index (χ3v) is 11.9. The summed E-state index contributed by atoms with van der Waals surface area (Å²) < 4.78 is 6.47. The van der Waals surface area contributed by atoms with E-state index >= 15 is 0 Å². The molecule has 0 atom stereocenters. The van der Waals surface area contributed by atoms with E-state index in [4.69, 9.17) is 14.4 Å². The molecule has 0 spiro atoms. The summed E-state index contributed by atoms with van der Waals surface area (Å²) in [6.45, 7) is 19.7. The molecule has 2 aromatic carbocycles.